The van der Waals surface area contributed by atoms with Gasteiger partial charge in [0, 0.05) is 44.3 Å². The molecule has 0 amide bonds. The Bertz CT molecular complexity index is 3190. The van der Waals surface area contributed by atoms with Gasteiger partial charge in [0.15, 0.2) is 0 Å². The first-order valence-electron chi connectivity index (χ1n) is 18.1. The number of benzene rings is 9. The van der Waals surface area contributed by atoms with E-state index in [-0.39, 0.29) is 0 Å². The Morgan fingerprint density at radius 1 is 0.358 bits per heavy atom. The van der Waals surface area contributed by atoms with Gasteiger partial charge < -0.3 is 13.9 Å². The number of hydrogen-bond acceptors (Lipinski definition) is 2. The minimum absolute atomic E-state index is 0.880. The lowest BCUT2D eigenvalue weighted by molar-refractivity contribution is 0.669. The van der Waals surface area contributed by atoms with Crippen molar-refractivity contribution in [3.8, 4) is 16.8 Å². The first-order chi connectivity index (χ1) is 26.3. The third kappa shape index (κ3) is 4.68. The van der Waals surface area contributed by atoms with Crippen LogP contribution in [0.4, 0.5) is 17.1 Å². The van der Waals surface area contributed by atoms with Crippen LogP contribution in [0.1, 0.15) is 0 Å². The lowest BCUT2D eigenvalue weighted by atomic mass is 9.93. The molecule has 0 aliphatic carbocycles. The number of para-hydroxylation sites is 3. The maximum absolute atomic E-state index is 6.29. The Balaban J connectivity index is 1.17. The summed E-state index contributed by atoms with van der Waals surface area (Å²) in [5.74, 6) is 0. The maximum atomic E-state index is 6.29. The molecule has 11 rings (SSSR count). The third-order valence-corrected chi connectivity index (χ3v) is 10.7. The molecule has 0 aliphatic rings. The molecule has 0 aliphatic heterocycles. The molecule has 53 heavy (non-hydrogen) atoms. The second kappa shape index (κ2) is 11.7. The van der Waals surface area contributed by atoms with E-state index in [4.69, 9.17) is 4.42 Å². The van der Waals surface area contributed by atoms with Crippen LogP contribution in [0.25, 0.3) is 82.1 Å². The maximum Gasteiger partial charge on any atom is 0.135 e. The molecule has 0 saturated carbocycles. The summed E-state index contributed by atoms with van der Waals surface area (Å²) in [7, 11) is 0. The van der Waals surface area contributed by atoms with E-state index in [0.717, 1.165) is 50.2 Å². The summed E-state index contributed by atoms with van der Waals surface area (Å²) in [6, 6.07) is 69.9. The predicted octanol–water partition coefficient (Wildman–Crippen LogP) is 14.1. The molecule has 0 radical (unpaired) electrons. The Hall–Kier alpha value is -7.10. The lowest BCUT2D eigenvalue weighted by Crippen LogP contribution is -2.10. The molecule has 3 nitrogen and oxygen atoms in total. The number of rotatable bonds is 5. The lowest BCUT2D eigenvalue weighted by Gasteiger charge is -2.26. The van der Waals surface area contributed by atoms with Crippen molar-refractivity contribution >= 4 is 82.4 Å². The van der Waals surface area contributed by atoms with Crippen LogP contribution in [0.2, 0.25) is 0 Å². The SMILES string of the molecule is c1ccc(-n2c3ccccc3c3ccc(N(c4cccc(-c5cc6ccccc6c6ccccc56)c4)c4ccc5oc6ccccc6c5c4)cc32)cc1. The highest BCUT2D eigenvalue weighted by molar-refractivity contribution is 6.14. The fourth-order valence-corrected chi connectivity index (χ4v) is 8.36. The second-order valence-corrected chi connectivity index (χ2v) is 13.7. The molecule has 2 heterocycles. The molecule has 2 aromatic heterocycles. The predicted molar refractivity (Wildman–Crippen MR) is 223 cm³/mol. The van der Waals surface area contributed by atoms with Crippen LogP contribution in [0.15, 0.2) is 199 Å². The number of anilines is 3. The number of hydrogen-bond donors (Lipinski definition) is 0. The van der Waals surface area contributed by atoms with Crippen molar-refractivity contribution in [2.75, 3.05) is 4.90 Å². The van der Waals surface area contributed by atoms with E-state index < -0.39 is 0 Å². The average Bonchev–Trinajstić information content (AvgIpc) is 3.76. The van der Waals surface area contributed by atoms with Gasteiger partial charge in [0.1, 0.15) is 11.2 Å². The minimum atomic E-state index is 0.880. The molecule has 0 unspecified atom stereocenters. The van der Waals surface area contributed by atoms with Gasteiger partial charge in [0.05, 0.1) is 11.0 Å². The van der Waals surface area contributed by atoms with Crippen molar-refractivity contribution in [2.45, 2.75) is 0 Å². The Kier molecular flexibility index (Phi) is 6.55. The Labute approximate surface area is 306 Å². The summed E-state index contributed by atoms with van der Waals surface area (Å²) in [5, 5.41) is 9.68. The van der Waals surface area contributed by atoms with Crippen molar-refractivity contribution in [3.63, 3.8) is 0 Å². The minimum Gasteiger partial charge on any atom is -0.456 e. The van der Waals surface area contributed by atoms with Gasteiger partial charge in [0.25, 0.3) is 0 Å². The first kappa shape index (κ1) is 29.6. The summed E-state index contributed by atoms with van der Waals surface area (Å²) < 4.78 is 8.67. The quantitative estimate of drug-likeness (QED) is 0.169. The van der Waals surface area contributed by atoms with Crippen LogP contribution in [0.3, 0.4) is 0 Å². The van der Waals surface area contributed by atoms with Gasteiger partial charge in [-0.15, -0.1) is 0 Å². The average molecular weight is 677 g/mol. The third-order valence-electron chi connectivity index (χ3n) is 10.7. The molecule has 0 spiro atoms. The van der Waals surface area contributed by atoms with Gasteiger partial charge in [-0.25, -0.2) is 0 Å². The Morgan fingerprint density at radius 2 is 1.00 bits per heavy atom. The van der Waals surface area contributed by atoms with E-state index in [1.54, 1.807) is 0 Å². The highest BCUT2D eigenvalue weighted by Gasteiger charge is 2.20. The van der Waals surface area contributed by atoms with Crippen LogP contribution in [0, 0.1) is 0 Å². The van der Waals surface area contributed by atoms with Gasteiger partial charge in [0.2, 0.25) is 0 Å². The number of furan rings is 1. The van der Waals surface area contributed by atoms with Gasteiger partial charge in [-0.2, -0.15) is 0 Å². The molecule has 11 aromatic rings. The smallest absolute Gasteiger partial charge is 0.135 e. The van der Waals surface area contributed by atoms with Gasteiger partial charge >= 0.3 is 0 Å². The normalized spacial score (nSPS) is 11.8. The van der Waals surface area contributed by atoms with Gasteiger partial charge in [-0.05, 0) is 105 Å². The summed E-state index contributed by atoms with van der Waals surface area (Å²) >= 11 is 0. The number of aromatic nitrogens is 1. The molecule has 0 saturated heterocycles. The van der Waals surface area contributed by atoms with Crippen LogP contribution in [-0.2, 0) is 0 Å². The van der Waals surface area contributed by atoms with Gasteiger partial charge in [-0.1, -0.05) is 121 Å². The highest BCUT2D eigenvalue weighted by atomic mass is 16.3. The number of fused-ring (bicyclic) bond motifs is 9. The number of nitrogens with zero attached hydrogens (tertiary/aromatic N) is 2. The van der Waals surface area contributed by atoms with Crippen molar-refractivity contribution in [2.24, 2.45) is 0 Å². The zero-order valence-electron chi connectivity index (χ0n) is 28.8. The standard InChI is InChI=1S/C50H32N2O/c1-2-15-35(16-3-1)52-47-23-10-8-21-42(47)43-27-25-38(32-48(43)52)51(37-26-28-50-46(31-37)44-22-9-11-24-49(44)53-50)36-17-12-14-33(29-36)45-30-34-13-4-5-18-39(34)40-19-6-7-20-41(40)45/h1-32H. The summed E-state index contributed by atoms with van der Waals surface area (Å²) in [6.07, 6.45) is 0. The molecule has 0 bridgehead atoms. The van der Waals surface area contributed by atoms with Crippen molar-refractivity contribution in [1.29, 1.82) is 0 Å². The van der Waals surface area contributed by atoms with Crippen LogP contribution in [0.5, 0.6) is 0 Å². The molecule has 3 heteroatoms. The molecule has 0 fully saturated rings. The first-order valence-corrected chi connectivity index (χ1v) is 18.1. The van der Waals surface area contributed by atoms with Crippen LogP contribution in [-0.4, -0.2) is 4.57 Å². The molecular formula is C50H32N2O. The zero-order chi connectivity index (χ0) is 34.9. The molecule has 0 atom stereocenters. The van der Waals surface area contributed by atoms with Crippen LogP contribution < -0.4 is 4.90 Å². The largest absolute Gasteiger partial charge is 0.456 e. The van der Waals surface area contributed by atoms with E-state index in [1.165, 1.54) is 49.0 Å². The zero-order valence-corrected chi connectivity index (χ0v) is 28.8. The Morgan fingerprint density at radius 3 is 1.89 bits per heavy atom. The topological polar surface area (TPSA) is 21.3 Å². The van der Waals surface area contributed by atoms with Crippen molar-refractivity contribution < 1.29 is 4.42 Å². The summed E-state index contributed by atoms with van der Waals surface area (Å²) in [4.78, 5) is 2.39. The van der Waals surface area contributed by atoms with E-state index in [1.807, 2.05) is 12.1 Å². The highest BCUT2D eigenvalue weighted by Crippen LogP contribution is 2.43. The van der Waals surface area contributed by atoms with E-state index in [9.17, 15) is 0 Å². The summed E-state index contributed by atoms with van der Waals surface area (Å²) in [5.41, 5.74) is 10.9. The molecule has 9 aromatic carbocycles. The fraction of sp³-hybridized carbons (Fsp3) is 0. The van der Waals surface area contributed by atoms with E-state index >= 15 is 0 Å². The van der Waals surface area contributed by atoms with Gasteiger partial charge in [-0.3, -0.25) is 0 Å². The summed E-state index contributed by atoms with van der Waals surface area (Å²) in [6.45, 7) is 0. The molecule has 0 N–H and O–H groups in total. The molecule has 248 valence electrons. The monoisotopic (exact) mass is 676 g/mol. The molecular weight excluding hydrogens is 645 g/mol. The van der Waals surface area contributed by atoms with Crippen LogP contribution >= 0.6 is 0 Å². The second-order valence-electron chi connectivity index (χ2n) is 13.7. The van der Waals surface area contributed by atoms with E-state index in [2.05, 4.69) is 191 Å². The van der Waals surface area contributed by atoms with E-state index in [0.29, 0.717) is 0 Å². The van der Waals surface area contributed by atoms with Crippen molar-refractivity contribution in [1.82, 2.24) is 4.57 Å². The fourth-order valence-electron chi connectivity index (χ4n) is 8.36. The van der Waals surface area contributed by atoms with Crippen molar-refractivity contribution in [3.05, 3.63) is 194 Å².